The van der Waals surface area contributed by atoms with Crippen molar-refractivity contribution in [1.82, 2.24) is 25.0 Å². The largest absolute Gasteiger partial charge is 0.299 e. The van der Waals surface area contributed by atoms with Gasteiger partial charge in [-0.3, -0.25) is 14.8 Å². The normalized spacial score (nSPS) is 11.1. The van der Waals surface area contributed by atoms with E-state index >= 15 is 0 Å². The van der Waals surface area contributed by atoms with E-state index in [9.17, 15) is 0 Å². The van der Waals surface area contributed by atoms with Crippen molar-refractivity contribution in [2.24, 2.45) is 5.92 Å². The quantitative estimate of drug-likeness (QED) is 0.782. The highest BCUT2D eigenvalue weighted by Gasteiger charge is 2.10. The Labute approximate surface area is 92.5 Å². The minimum absolute atomic E-state index is 0.524. The number of aromatic nitrogens is 5. The van der Waals surface area contributed by atoms with Crippen LogP contribution in [-0.4, -0.2) is 25.0 Å². The maximum absolute atomic E-state index is 5.18. The van der Waals surface area contributed by atoms with Crippen LogP contribution in [0.25, 0.3) is 11.5 Å². The van der Waals surface area contributed by atoms with Crippen LogP contribution in [-0.2, 0) is 6.54 Å². The van der Waals surface area contributed by atoms with Gasteiger partial charge in [0.25, 0.3) is 0 Å². The maximum Gasteiger partial charge on any atom is 0.195 e. The zero-order valence-electron chi connectivity index (χ0n) is 8.69. The van der Waals surface area contributed by atoms with Crippen LogP contribution in [0, 0.1) is 10.7 Å². The minimum atomic E-state index is 0.524. The van der Waals surface area contributed by atoms with Crippen LogP contribution in [0.2, 0.25) is 0 Å². The first-order valence-corrected chi connectivity index (χ1v) is 5.24. The highest BCUT2D eigenvalue weighted by molar-refractivity contribution is 7.71. The molecule has 0 saturated carbocycles. The molecule has 0 saturated heterocycles. The third-order valence-corrected chi connectivity index (χ3v) is 2.36. The fourth-order valence-electron chi connectivity index (χ4n) is 1.44. The van der Waals surface area contributed by atoms with E-state index < -0.39 is 0 Å². The van der Waals surface area contributed by atoms with Crippen molar-refractivity contribution in [3.63, 3.8) is 0 Å². The van der Waals surface area contributed by atoms with Gasteiger partial charge in [-0.2, -0.15) is 10.2 Å². The first kappa shape index (κ1) is 10.1. The molecule has 2 aromatic heterocycles. The van der Waals surface area contributed by atoms with Crippen molar-refractivity contribution in [1.29, 1.82) is 0 Å². The second-order valence-corrected chi connectivity index (χ2v) is 4.21. The molecule has 2 N–H and O–H groups in total. The molecule has 0 spiro atoms. The van der Waals surface area contributed by atoms with E-state index in [0.29, 0.717) is 10.7 Å². The number of nitrogens with one attached hydrogen (secondary N) is 2. The molecule has 80 valence electrons. The van der Waals surface area contributed by atoms with Gasteiger partial charge in [-0.05, 0) is 24.2 Å². The molecule has 15 heavy (non-hydrogen) atoms. The van der Waals surface area contributed by atoms with Gasteiger partial charge < -0.3 is 0 Å². The summed E-state index contributed by atoms with van der Waals surface area (Å²) >= 11 is 5.18. The first-order valence-electron chi connectivity index (χ1n) is 4.83. The van der Waals surface area contributed by atoms with Crippen molar-refractivity contribution in [3.8, 4) is 11.5 Å². The molecular formula is C9H13N5S. The van der Waals surface area contributed by atoms with Gasteiger partial charge in [0.15, 0.2) is 10.6 Å². The average Bonchev–Trinajstić information content (AvgIpc) is 2.76. The van der Waals surface area contributed by atoms with Gasteiger partial charge in [0.1, 0.15) is 5.69 Å². The van der Waals surface area contributed by atoms with Gasteiger partial charge in [-0.25, -0.2) is 0 Å². The van der Waals surface area contributed by atoms with Crippen molar-refractivity contribution in [2.75, 3.05) is 0 Å². The molecule has 2 rings (SSSR count). The van der Waals surface area contributed by atoms with Crippen LogP contribution in [0.5, 0.6) is 0 Å². The lowest BCUT2D eigenvalue weighted by molar-refractivity contribution is 0.521. The smallest absolute Gasteiger partial charge is 0.195 e. The summed E-state index contributed by atoms with van der Waals surface area (Å²) in [6.45, 7) is 5.14. The van der Waals surface area contributed by atoms with Crippen LogP contribution in [0.15, 0.2) is 12.3 Å². The minimum Gasteiger partial charge on any atom is -0.299 e. The van der Waals surface area contributed by atoms with Gasteiger partial charge in [0, 0.05) is 12.7 Å². The lowest BCUT2D eigenvalue weighted by atomic mass is 10.2. The highest BCUT2D eigenvalue weighted by atomic mass is 32.1. The molecule has 0 aliphatic rings. The molecule has 0 amide bonds. The Morgan fingerprint density at radius 2 is 2.27 bits per heavy atom. The summed E-state index contributed by atoms with van der Waals surface area (Å²) in [5, 5.41) is 13.8. The number of H-pyrrole nitrogens is 2. The molecule has 0 radical (unpaired) electrons. The van der Waals surface area contributed by atoms with Crippen LogP contribution in [0.4, 0.5) is 0 Å². The number of nitrogens with zero attached hydrogens (tertiary/aromatic N) is 3. The molecule has 5 nitrogen and oxygen atoms in total. The predicted molar refractivity (Wildman–Crippen MR) is 59.8 cm³/mol. The van der Waals surface area contributed by atoms with Crippen molar-refractivity contribution in [3.05, 3.63) is 17.0 Å². The Kier molecular flexibility index (Phi) is 2.68. The van der Waals surface area contributed by atoms with Gasteiger partial charge >= 0.3 is 0 Å². The third-order valence-electron chi connectivity index (χ3n) is 2.05. The zero-order chi connectivity index (χ0) is 10.8. The molecule has 0 unspecified atom stereocenters. The van der Waals surface area contributed by atoms with E-state index in [1.807, 2.05) is 10.6 Å². The van der Waals surface area contributed by atoms with E-state index in [4.69, 9.17) is 12.2 Å². The Hall–Kier alpha value is -1.43. The summed E-state index contributed by atoms with van der Waals surface area (Å²) in [7, 11) is 0. The molecule has 0 aliphatic heterocycles. The second-order valence-electron chi connectivity index (χ2n) is 3.83. The Balaban J connectivity index is 2.45. The molecule has 6 heteroatoms. The summed E-state index contributed by atoms with van der Waals surface area (Å²) in [5.41, 5.74) is 0.878. The first-order chi connectivity index (χ1) is 7.18. The van der Waals surface area contributed by atoms with Gasteiger partial charge in [0.2, 0.25) is 0 Å². The van der Waals surface area contributed by atoms with Crippen molar-refractivity contribution >= 4 is 12.2 Å². The van der Waals surface area contributed by atoms with Crippen LogP contribution < -0.4 is 0 Å². The lowest BCUT2D eigenvalue weighted by Crippen LogP contribution is -2.06. The molecular weight excluding hydrogens is 210 g/mol. The molecule has 0 aliphatic carbocycles. The topological polar surface area (TPSA) is 62.3 Å². The van der Waals surface area contributed by atoms with E-state index in [0.717, 1.165) is 18.1 Å². The Morgan fingerprint density at radius 3 is 2.87 bits per heavy atom. The molecule has 0 aromatic carbocycles. The Bertz CT molecular complexity index is 479. The van der Waals surface area contributed by atoms with Crippen LogP contribution in [0.1, 0.15) is 13.8 Å². The van der Waals surface area contributed by atoms with E-state index in [1.54, 1.807) is 6.20 Å². The fourth-order valence-corrected chi connectivity index (χ4v) is 1.64. The summed E-state index contributed by atoms with van der Waals surface area (Å²) in [5.74, 6) is 1.34. The summed E-state index contributed by atoms with van der Waals surface area (Å²) in [6, 6.07) is 1.88. The van der Waals surface area contributed by atoms with Crippen LogP contribution in [0.3, 0.4) is 0 Å². The molecule has 2 aromatic rings. The van der Waals surface area contributed by atoms with Gasteiger partial charge in [0.05, 0.1) is 0 Å². The van der Waals surface area contributed by atoms with E-state index in [2.05, 4.69) is 34.2 Å². The number of hydrogen-bond donors (Lipinski definition) is 2. The zero-order valence-corrected chi connectivity index (χ0v) is 9.51. The van der Waals surface area contributed by atoms with E-state index in [-0.39, 0.29) is 0 Å². The lowest BCUT2D eigenvalue weighted by Gasteiger charge is -2.07. The molecule has 2 heterocycles. The SMILES string of the molecule is CC(C)Cn1c(-c2ccn[nH]2)n[nH]c1=S. The standard InChI is InChI=1S/C9H13N5S/c1-6(2)5-14-8(12-13-9(14)15)7-3-4-10-11-7/h3-4,6H,5H2,1-2H3,(H,10,11)(H,13,15). The number of rotatable bonds is 3. The highest BCUT2D eigenvalue weighted by Crippen LogP contribution is 2.14. The van der Waals surface area contributed by atoms with Crippen molar-refractivity contribution in [2.45, 2.75) is 20.4 Å². The summed E-state index contributed by atoms with van der Waals surface area (Å²) < 4.78 is 2.63. The molecule has 0 fully saturated rings. The summed E-state index contributed by atoms with van der Waals surface area (Å²) in [4.78, 5) is 0. The predicted octanol–water partition coefficient (Wildman–Crippen LogP) is 1.99. The monoisotopic (exact) mass is 223 g/mol. The van der Waals surface area contributed by atoms with Crippen molar-refractivity contribution < 1.29 is 0 Å². The summed E-state index contributed by atoms with van der Waals surface area (Å²) in [6.07, 6.45) is 1.70. The molecule has 0 atom stereocenters. The van der Waals surface area contributed by atoms with Gasteiger partial charge in [-0.15, -0.1) is 0 Å². The molecule has 0 bridgehead atoms. The maximum atomic E-state index is 5.18. The second kappa shape index (κ2) is 3.98. The van der Waals surface area contributed by atoms with Crippen LogP contribution >= 0.6 is 12.2 Å². The fraction of sp³-hybridized carbons (Fsp3) is 0.444. The Morgan fingerprint density at radius 1 is 1.47 bits per heavy atom. The van der Waals surface area contributed by atoms with E-state index in [1.165, 1.54) is 0 Å². The van der Waals surface area contributed by atoms with Gasteiger partial charge in [-0.1, -0.05) is 13.8 Å². The average molecular weight is 223 g/mol. The number of hydrogen-bond acceptors (Lipinski definition) is 3. The number of aromatic amines is 2. The third kappa shape index (κ3) is 1.99.